The Kier molecular flexibility index (Phi) is 5.23. The fourth-order valence-corrected chi connectivity index (χ4v) is 6.21. The van der Waals surface area contributed by atoms with Gasteiger partial charge in [0.25, 0.3) is 0 Å². The first-order valence-electron chi connectivity index (χ1n) is 8.74. The summed E-state index contributed by atoms with van der Waals surface area (Å²) in [5, 5.41) is 0. The van der Waals surface area contributed by atoms with Crippen molar-refractivity contribution >= 4 is 21.7 Å². The van der Waals surface area contributed by atoms with Gasteiger partial charge in [-0.1, -0.05) is 70.6 Å². The monoisotopic (exact) mass is 387 g/mol. The molecule has 0 radical (unpaired) electrons. The minimum absolute atomic E-state index is 0.831. The Bertz CT molecular complexity index is 1000. The molecule has 4 aromatic rings. The van der Waals surface area contributed by atoms with Crippen molar-refractivity contribution in [3.8, 4) is 0 Å². The maximum atomic E-state index is 14.3. The Morgan fingerprint density at radius 2 is 0.815 bits per heavy atom. The van der Waals surface area contributed by atoms with Crippen LogP contribution >= 0.6 is 11.8 Å². The van der Waals surface area contributed by atoms with Gasteiger partial charge >= 0.3 is 0 Å². The van der Waals surface area contributed by atoms with Crippen molar-refractivity contribution in [1.82, 2.24) is 0 Å². The van der Waals surface area contributed by atoms with Gasteiger partial charge in [0.15, 0.2) is 24.6 Å². The molecule has 0 heterocycles. The Hall–Kier alpha value is -2.62. The summed E-state index contributed by atoms with van der Waals surface area (Å²) in [7, 11) is -2.52. The molecule has 0 atom stereocenters. The van der Waals surface area contributed by atoms with Gasteiger partial charge in [-0.25, -0.2) is 0 Å². The Balaban J connectivity index is 1.74. The third-order valence-corrected chi connectivity index (χ3v) is 8.11. The molecule has 0 bridgehead atoms. The van der Waals surface area contributed by atoms with Crippen LogP contribution in [0, 0.1) is 0 Å². The lowest BCUT2D eigenvalue weighted by Gasteiger charge is -2.12. The normalized spacial score (nSPS) is 11.3. The van der Waals surface area contributed by atoms with Crippen LogP contribution in [0.1, 0.15) is 0 Å². The molecule has 0 saturated carbocycles. The number of hydrogen-bond acceptors (Lipinski definition) is 2. The molecular weight excluding hydrogens is 368 g/mol. The van der Waals surface area contributed by atoms with Crippen LogP contribution in [0.5, 0.6) is 0 Å². The first-order valence-corrected chi connectivity index (χ1v) is 11.1. The Labute approximate surface area is 165 Å². The highest BCUT2D eigenvalue weighted by molar-refractivity contribution is 8.03. The smallest absolute Gasteiger partial charge is 0.0901 e. The van der Waals surface area contributed by atoms with E-state index in [0.29, 0.717) is 0 Å². The van der Waals surface area contributed by atoms with Gasteiger partial charge in [-0.15, -0.1) is 0 Å². The maximum Gasteiger partial charge on any atom is 0.182 e. The zero-order valence-electron chi connectivity index (χ0n) is 14.7. The van der Waals surface area contributed by atoms with E-state index in [1.165, 1.54) is 4.90 Å². The molecule has 0 aromatic heterocycles. The molecule has 0 aliphatic rings. The quantitative estimate of drug-likeness (QED) is 0.350. The molecule has 0 aliphatic heterocycles. The average Bonchev–Trinajstić information content (AvgIpc) is 2.76. The van der Waals surface area contributed by atoms with Crippen molar-refractivity contribution in [3.63, 3.8) is 0 Å². The minimum atomic E-state index is -2.52. The predicted octanol–water partition coefficient (Wildman–Crippen LogP) is 6.81. The summed E-state index contributed by atoms with van der Waals surface area (Å²) in [6.45, 7) is 0. The van der Waals surface area contributed by atoms with Gasteiger partial charge in [0, 0.05) is 9.79 Å². The third kappa shape index (κ3) is 3.75. The van der Waals surface area contributed by atoms with Crippen LogP contribution in [0.15, 0.2) is 140 Å². The third-order valence-electron chi connectivity index (χ3n) is 4.28. The summed E-state index contributed by atoms with van der Waals surface area (Å²) in [6.07, 6.45) is 0. The van der Waals surface area contributed by atoms with Gasteiger partial charge in [-0.3, -0.25) is 0 Å². The summed E-state index contributed by atoms with van der Waals surface area (Å²) in [6, 6.07) is 37.8. The van der Waals surface area contributed by atoms with E-state index in [0.717, 1.165) is 19.6 Å². The molecular formula is C24H19OS2+. The molecule has 3 heteroatoms. The summed E-state index contributed by atoms with van der Waals surface area (Å²) < 4.78 is 14.3. The van der Waals surface area contributed by atoms with E-state index in [2.05, 4.69) is 24.3 Å². The van der Waals surface area contributed by atoms with E-state index in [-0.39, 0.29) is 0 Å². The highest BCUT2D eigenvalue weighted by atomic mass is 32.2. The SMILES string of the molecule is O=[S+](c1ccccc1)(c1ccccc1)c1ccc(Sc2ccccc2)cc1. The molecule has 0 saturated heterocycles. The molecule has 4 rings (SSSR count). The minimum Gasteiger partial charge on any atom is -0.0901 e. The van der Waals surface area contributed by atoms with Crippen molar-refractivity contribution < 1.29 is 4.21 Å². The Morgan fingerprint density at radius 1 is 0.444 bits per heavy atom. The first kappa shape index (κ1) is 17.8. The average molecular weight is 388 g/mol. The lowest BCUT2D eigenvalue weighted by molar-refractivity contribution is 0.584. The molecule has 1 nitrogen and oxygen atoms in total. The first-order chi connectivity index (χ1) is 13.3. The molecule has 4 aromatic carbocycles. The van der Waals surface area contributed by atoms with Gasteiger partial charge in [0.05, 0.1) is 0 Å². The van der Waals surface area contributed by atoms with Gasteiger partial charge < -0.3 is 0 Å². The van der Waals surface area contributed by atoms with Crippen LogP contribution in [0.25, 0.3) is 0 Å². The lowest BCUT2D eigenvalue weighted by Crippen LogP contribution is -2.12. The van der Waals surface area contributed by atoms with E-state index < -0.39 is 9.93 Å². The molecule has 0 unspecified atom stereocenters. The fourth-order valence-electron chi connectivity index (χ4n) is 2.96. The van der Waals surface area contributed by atoms with Gasteiger partial charge in [0.2, 0.25) is 0 Å². The summed E-state index contributed by atoms with van der Waals surface area (Å²) in [5.74, 6) is 0. The molecule has 132 valence electrons. The highest BCUT2D eigenvalue weighted by Gasteiger charge is 2.37. The molecule has 0 aliphatic carbocycles. The van der Waals surface area contributed by atoms with Crippen LogP contribution in [0.4, 0.5) is 0 Å². The molecule has 0 amide bonds. The highest BCUT2D eigenvalue weighted by Crippen LogP contribution is 2.37. The van der Waals surface area contributed by atoms with Gasteiger partial charge in [-0.05, 0) is 60.7 Å². The van der Waals surface area contributed by atoms with Crippen LogP contribution in [0.3, 0.4) is 0 Å². The second-order valence-electron chi connectivity index (χ2n) is 6.07. The standard InChI is InChI=1S/C24H19OS2/c25-27(22-12-6-2-7-13-22,23-14-8-3-9-15-23)24-18-16-21(17-19-24)26-20-10-4-1-5-11-20/h1-19H/q+1. The van der Waals surface area contributed by atoms with Crippen LogP contribution in [-0.4, -0.2) is 0 Å². The van der Waals surface area contributed by atoms with Crippen LogP contribution in [-0.2, 0) is 14.1 Å². The second-order valence-corrected chi connectivity index (χ2v) is 9.74. The summed E-state index contributed by atoms with van der Waals surface area (Å²) >= 11 is 1.71. The molecule has 0 fully saturated rings. The maximum absolute atomic E-state index is 14.3. The molecule has 27 heavy (non-hydrogen) atoms. The van der Waals surface area contributed by atoms with E-state index in [1.54, 1.807) is 11.8 Å². The molecule has 0 N–H and O–H groups in total. The van der Waals surface area contributed by atoms with Crippen molar-refractivity contribution in [2.45, 2.75) is 24.5 Å². The topological polar surface area (TPSA) is 17.1 Å². The van der Waals surface area contributed by atoms with Crippen molar-refractivity contribution in [3.05, 3.63) is 115 Å². The zero-order chi connectivity index (χ0) is 18.5. The lowest BCUT2D eigenvalue weighted by atomic mass is 10.3. The van der Waals surface area contributed by atoms with E-state index in [4.69, 9.17) is 0 Å². The Morgan fingerprint density at radius 3 is 1.30 bits per heavy atom. The number of rotatable bonds is 5. The van der Waals surface area contributed by atoms with Crippen molar-refractivity contribution in [2.24, 2.45) is 0 Å². The fraction of sp³-hybridized carbons (Fsp3) is 0. The summed E-state index contributed by atoms with van der Waals surface area (Å²) in [5.41, 5.74) is 0. The number of hydrogen-bond donors (Lipinski definition) is 0. The number of benzene rings is 4. The predicted molar refractivity (Wildman–Crippen MR) is 113 cm³/mol. The van der Waals surface area contributed by atoms with E-state index >= 15 is 0 Å². The van der Waals surface area contributed by atoms with E-state index in [9.17, 15) is 4.21 Å². The molecule has 0 spiro atoms. The van der Waals surface area contributed by atoms with Crippen molar-refractivity contribution in [2.75, 3.05) is 0 Å². The van der Waals surface area contributed by atoms with Crippen molar-refractivity contribution in [1.29, 1.82) is 0 Å². The van der Waals surface area contributed by atoms with Crippen LogP contribution < -0.4 is 0 Å². The van der Waals surface area contributed by atoms with E-state index in [1.807, 2.05) is 91.0 Å². The largest absolute Gasteiger partial charge is 0.182 e. The van der Waals surface area contributed by atoms with Gasteiger partial charge in [0.1, 0.15) is 0 Å². The summed E-state index contributed by atoms with van der Waals surface area (Å²) in [4.78, 5) is 4.82. The van der Waals surface area contributed by atoms with Gasteiger partial charge in [-0.2, -0.15) is 0 Å². The van der Waals surface area contributed by atoms with Crippen LogP contribution in [0.2, 0.25) is 0 Å². The second kappa shape index (κ2) is 7.95. The zero-order valence-corrected chi connectivity index (χ0v) is 16.3.